The minimum atomic E-state index is 0.0196. The molecule has 0 aliphatic carbocycles. The number of rotatable bonds is 5. The molecule has 0 radical (unpaired) electrons. The molecular weight excluding hydrogens is 368 g/mol. The normalized spacial score (nSPS) is 17.1. The number of aromatic nitrogens is 1. The molecule has 1 aliphatic heterocycles. The molecule has 0 saturated carbocycles. The Hall–Kier alpha value is -1.66. The lowest BCUT2D eigenvalue weighted by atomic mass is 10.0. The number of thiophene rings is 1. The highest BCUT2D eigenvalue weighted by molar-refractivity contribution is 7.19. The van der Waals surface area contributed by atoms with Crippen molar-refractivity contribution in [2.45, 2.75) is 32.4 Å². The Bertz CT molecular complexity index is 935. The van der Waals surface area contributed by atoms with Crippen molar-refractivity contribution >= 4 is 33.2 Å². The summed E-state index contributed by atoms with van der Waals surface area (Å²) in [5, 5.41) is 13.6. The van der Waals surface area contributed by atoms with Gasteiger partial charge >= 0.3 is 0 Å². The molecule has 4 rings (SSSR count). The number of ether oxygens (including phenoxy) is 1. The van der Waals surface area contributed by atoms with Gasteiger partial charge in [0, 0.05) is 33.3 Å². The van der Waals surface area contributed by atoms with Crippen molar-refractivity contribution in [2.24, 2.45) is 0 Å². The Morgan fingerprint density at radius 2 is 2.23 bits per heavy atom. The van der Waals surface area contributed by atoms with E-state index in [9.17, 15) is 5.11 Å². The van der Waals surface area contributed by atoms with Crippen LogP contribution in [0, 0.1) is 6.92 Å². The molecule has 1 aliphatic rings. The zero-order chi connectivity index (χ0) is 18.1. The van der Waals surface area contributed by atoms with Gasteiger partial charge in [-0.3, -0.25) is 4.98 Å². The molecule has 0 unspecified atom stereocenters. The molecule has 6 heteroatoms. The van der Waals surface area contributed by atoms with E-state index in [1.165, 1.54) is 6.42 Å². The summed E-state index contributed by atoms with van der Waals surface area (Å²) in [5.74, 6) is 0.870. The third-order valence-corrected chi connectivity index (χ3v) is 6.10. The van der Waals surface area contributed by atoms with Crippen LogP contribution in [0.25, 0.3) is 21.3 Å². The molecule has 26 heavy (non-hydrogen) atoms. The largest absolute Gasteiger partial charge is 0.491 e. The topological polar surface area (TPSA) is 54.4 Å². The van der Waals surface area contributed by atoms with Crippen LogP contribution in [0.1, 0.15) is 23.3 Å². The van der Waals surface area contributed by atoms with Gasteiger partial charge in [0.05, 0.1) is 16.8 Å². The Morgan fingerprint density at radius 1 is 1.35 bits per heavy atom. The molecule has 136 valence electrons. The number of nitrogens with one attached hydrogen (secondary N) is 1. The second-order valence-corrected chi connectivity index (χ2v) is 8.22. The van der Waals surface area contributed by atoms with Gasteiger partial charge < -0.3 is 15.2 Å². The van der Waals surface area contributed by atoms with Gasteiger partial charge in [0.2, 0.25) is 0 Å². The minimum Gasteiger partial charge on any atom is -0.491 e. The summed E-state index contributed by atoms with van der Waals surface area (Å²) in [5.41, 5.74) is 3.93. The van der Waals surface area contributed by atoms with Crippen molar-refractivity contribution < 1.29 is 9.84 Å². The van der Waals surface area contributed by atoms with Crippen LogP contribution in [0.2, 0.25) is 5.02 Å². The molecule has 0 amide bonds. The smallest absolute Gasteiger partial charge is 0.130 e. The number of nitrogens with zero attached hydrogens (tertiary/aromatic N) is 1. The van der Waals surface area contributed by atoms with Crippen LogP contribution in [-0.2, 0) is 6.61 Å². The van der Waals surface area contributed by atoms with Crippen molar-refractivity contribution in [1.29, 1.82) is 0 Å². The van der Waals surface area contributed by atoms with Crippen LogP contribution in [0.4, 0.5) is 0 Å². The maximum atomic E-state index is 9.48. The third-order valence-electron chi connectivity index (χ3n) is 4.74. The summed E-state index contributed by atoms with van der Waals surface area (Å²) < 4.78 is 7.30. The number of hydrogen-bond acceptors (Lipinski definition) is 5. The van der Waals surface area contributed by atoms with Crippen molar-refractivity contribution in [2.75, 3.05) is 13.2 Å². The average Bonchev–Trinajstić information content (AvgIpc) is 3.29. The number of aliphatic hydroxyl groups excluding tert-OH is 1. The van der Waals surface area contributed by atoms with E-state index in [4.69, 9.17) is 16.3 Å². The highest BCUT2D eigenvalue weighted by Crippen LogP contribution is 2.41. The Balaban J connectivity index is 1.78. The molecule has 1 atom stereocenters. The zero-order valence-electron chi connectivity index (χ0n) is 14.6. The number of benzene rings is 1. The van der Waals surface area contributed by atoms with Gasteiger partial charge in [-0.05, 0) is 56.1 Å². The van der Waals surface area contributed by atoms with Crippen LogP contribution in [0.5, 0.6) is 5.75 Å². The van der Waals surface area contributed by atoms with Crippen LogP contribution in [-0.4, -0.2) is 29.3 Å². The van der Waals surface area contributed by atoms with E-state index in [-0.39, 0.29) is 6.61 Å². The first-order chi connectivity index (χ1) is 12.7. The van der Waals surface area contributed by atoms with Crippen LogP contribution in [0.3, 0.4) is 0 Å². The molecular formula is C20H21ClN2O2S. The molecule has 0 bridgehead atoms. The molecule has 2 N–H and O–H groups in total. The molecule has 0 spiro atoms. The highest BCUT2D eigenvalue weighted by Gasteiger charge is 2.19. The van der Waals surface area contributed by atoms with E-state index >= 15 is 0 Å². The molecule has 1 aromatic carbocycles. The summed E-state index contributed by atoms with van der Waals surface area (Å²) >= 11 is 7.92. The predicted octanol–water partition coefficient (Wildman–Crippen LogP) is 4.55. The van der Waals surface area contributed by atoms with Gasteiger partial charge in [-0.2, -0.15) is 0 Å². The standard InChI is InChI=1S/C20H21ClN2O2S/c1-12-7-13(21)8-17(19(12)25-11-14-3-2-5-22-14)16-4-6-23-18-9-15(10-24)26-20(16)18/h4,6-9,14,22,24H,2-3,5,10-11H2,1H3/t14-/m1/s1. The van der Waals surface area contributed by atoms with Gasteiger partial charge in [-0.15, -0.1) is 11.3 Å². The number of aliphatic hydroxyl groups is 1. The molecule has 1 fully saturated rings. The summed E-state index contributed by atoms with van der Waals surface area (Å²) in [6.45, 7) is 3.76. The lowest BCUT2D eigenvalue weighted by Gasteiger charge is -2.18. The molecule has 2 aromatic heterocycles. The third kappa shape index (κ3) is 3.45. The number of halogens is 1. The summed E-state index contributed by atoms with van der Waals surface area (Å²) in [4.78, 5) is 5.33. The Morgan fingerprint density at radius 3 is 3.00 bits per heavy atom. The van der Waals surface area contributed by atoms with Gasteiger partial charge in [-0.1, -0.05) is 11.6 Å². The Labute approximate surface area is 161 Å². The number of hydrogen-bond donors (Lipinski definition) is 2. The number of pyridine rings is 1. The van der Waals surface area contributed by atoms with E-state index in [0.717, 1.165) is 50.5 Å². The first kappa shape index (κ1) is 17.7. The van der Waals surface area contributed by atoms with Crippen molar-refractivity contribution in [3.63, 3.8) is 0 Å². The van der Waals surface area contributed by atoms with Crippen LogP contribution >= 0.6 is 22.9 Å². The quantitative estimate of drug-likeness (QED) is 0.673. The lowest BCUT2D eigenvalue weighted by molar-refractivity contribution is 0.276. The summed E-state index contributed by atoms with van der Waals surface area (Å²) in [6.07, 6.45) is 4.14. The molecule has 4 nitrogen and oxygen atoms in total. The zero-order valence-corrected chi connectivity index (χ0v) is 16.2. The fraction of sp³-hybridized carbons (Fsp3) is 0.350. The van der Waals surface area contributed by atoms with Crippen LogP contribution in [0.15, 0.2) is 30.5 Å². The van der Waals surface area contributed by atoms with Gasteiger partial charge in [0.15, 0.2) is 0 Å². The van der Waals surface area contributed by atoms with Gasteiger partial charge in [0.25, 0.3) is 0 Å². The second-order valence-electron chi connectivity index (χ2n) is 6.65. The van der Waals surface area contributed by atoms with E-state index in [2.05, 4.69) is 10.3 Å². The highest BCUT2D eigenvalue weighted by atomic mass is 35.5. The van der Waals surface area contributed by atoms with E-state index < -0.39 is 0 Å². The fourth-order valence-electron chi connectivity index (χ4n) is 3.48. The minimum absolute atomic E-state index is 0.0196. The van der Waals surface area contributed by atoms with Crippen molar-refractivity contribution in [3.8, 4) is 16.9 Å². The van der Waals surface area contributed by atoms with E-state index in [1.54, 1.807) is 17.5 Å². The SMILES string of the molecule is Cc1cc(Cl)cc(-c2ccnc3cc(CO)sc23)c1OC[C@H]1CCCN1. The fourth-order valence-corrected chi connectivity index (χ4v) is 4.76. The summed E-state index contributed by atoms with van der Waals surface area (Å²) in [7, 11) is 0. The monoisotopic (exact) mass is 388 g/mol. The van der Waals surface area contributed by atoms with E-state index in [1.807, 2.05) is 31.2 Å². The first-order valence-electron chi connectivity index (χ1n) is 8.80. The van der Waals surface area contributed by atoms with Crippen LogP contribution < -0.4 is 10.1 Å². The second kappa shape index (κ2) is 7.53. The van der Waals surface area contributed by atoms with Gasteiger partial charge in [0.1, 0.15) is 12.4 Å². The van der Waals surface area contributed by atoms with Crippen molar-refractivity contribution in [3.05, 3.63) is 45.9 Å². The lowest BCUT2D eigenvalue weighted by Crippen LogP contribution is -2.28. The number of fused-ring (bicyclic) bond motifs is 1. The molecule has 1 saturated heterocycles. The molecule has 3 heterocycles. The van der Waals surface area contributed by atoms with E-state index in [0.29, 0.717) is 17.7 Å². The maximum Gasteiger partial charge on any atom is 0.130 e. The number of aryl methyl sites for hydroxylation is 1. The maximum absolute atomic E-state index is 9.48. The molecule has 3 aromatic rings. The Kier molecular flexibility index (Phi) is 5.14. The summed E-state index contributed by atoms with van der Waals surface area (Å²) in [6, 6.07) is 8.22. The first-order valence-corrected chi connectivity index (χ1v) is 10.00. The van der Waals surface area contributed by atoms with Gasteiger partial charge in [-0.25, -0.2) is 0 Å². The average molecular weight is 389 g/mol. The predicted molar refractivity (Wildman–Crippen MR) is 107 cm³/mol. The van der Waals surface area contributed by atoms with Crippen molar-refractivity contribution in [1.82, 2.24) is 10.3 Å².